The zero-order valence-electron chi connectivity index (χ0n) is 20.9. The molecule has 0 aromatic heterocycles. The molecule has 2 amide bonds. The molecular formula is C25H32BrN3O6S. The second-order valence-electron chi connectivity index (χ2n) is 8.91. The van der Waals surface area contributed by atoms with Crippen molar-refractivity contribution in [2.75, 3.05) is 29.9 Å². The van der Waals surface area contributed by atoms with Crippen molar-refractivity contribution in [2.24, 2.45) is 5.92 Å². The fraction of sp³-hybridized carbons (Fsp3) is 0.440. The number of amides is 2. The second kappa shape index (κ2) is 12.0. The highest BCUT2D eigenvalue weighted by atomic mass is 79.9. The topological polar surface area (TPSA) is 105 Å². The molecule has 1 heterocycles. The molecule has 0 fully saturated rings. The fourth-order valence-electron chi connectivity index (χ4n) is 3.63. The molecule has 1 aliphatic rings. The molecule has 1 unspecified atom stereocenters. The molecule has 1 N–H and O–H groups in total. The van der Waals surface area contributed by atoms with Crippen LogP contribution in [0.1, 0.15) is 33.3 Å². The number of benzene rings is 2. The molecule has 1 aliphatic heterocycles. The molecule has 0 spiro atoms. The van der Waals surface area contributed by atoms with Crippen molar-refractivity contribution < 1.29 is 27.5 Å². The number of fused-ring (bicyclic) bond motifs is 1. The summed E-state index contributed by atoms with van der Waals surface area (Å²) in [6, 6.07) is 11.3. The van der Waals surface area contributed by atoms with Crippen LogP contribution in [0.25, 0.3) is 0 Å². The van der Waals surface area contributed by atoms with E-state index in [1.807, 2.05) is 38.1 Å². The molecule has 36 heavy (non-hydrogen) atoms. The summed E-state index contributed by atoms with van der Waals surface area (Å²) >= 11 is 3.43. The van der Waals surface area contributed by atoms with Gasteiger partial charge in [0.2, 0.25) is 28.6 Å². The van der Waals surface area contributed by atoms with Gasteiger partial charge in [-0.15, -0.1) is 0 Å². The van der Waals surface area contributed by atoms with Crippen LogP contribution in [0, 0.1) is 5.92 Å². The van der Waals surface area contributed by atoms with Gasteiger partial charge in [0.05, 0.1) is 11.4 Å². The Balaban J connectivity index is 1.92. The van der Waals surface area contributed by atoms with Crippen LogP contribution in [0.4, 0.5) is 5.69 Å². The summed E-state index contributed by atoms with van der Waals surface area (Å²) in [4.78, 5) is 28.0. The maximum absolute atomic E-state index is 13.7. The van der Waals surface area contributed by atoms with Crippen molar-refractivity contribution in [3.8, 4) is 11.5 Å². The number of sulfonamides is 1. The molecule has 2 aromatic rings. The van der Waals surface area contributed by atoms with Crippen LogP contribution in [0.3, 0.4) is 0 Å². The number of nitrogens with one attached hydrogen (secondary N) is 1. The van der Waals surface area contributed by atoms with Gasteiger partial charge in [-0.25, -0.2) is 8.42 Å². The van der Waals surface area contributed by atoms with Gasteiger partial charge < -0.3 is 19.7 Å². The molecule has 196 valence electrons. The molecule has 9 nitrogen and oxygen atoms in total. The number of rotatable bonds is 11. The summed E-state index contributed by atoms with van der Waals surface area (Å²) in [6.45, 7) is 7.30. The second-order valence-corrected chi connectivity index (χ2v) is 12.0. The number of hydrogen-bond acceptors (Lipinski definition) is 6. The van der Waals surface area contributed by atoms with E-state index in [2.05, 4.69) is 21.2 Å². The zero-order valence-corrected chi connectivity index (χ0v) is 23.3. The Labute approximate surface area is 220 Å². The first-order chi connectivity index (χ1) is 17.0. The highest BCUT2D eigenvalue weighted by molar-refractivity contribution is 9.10. The number of carbonyl (C=O) groups is 2. The molecule has 11 heteroatoms. The lowest BCUT2D eigenvalue weighted by Gasteiger charge is -2.32. The van der Waals surface area contributed by atoms with Gasteiger partial charge in [-0.05, 0) is 49.6 Å². The molecular weight excluding hydrogens is 550 g/mol. The van der Waals surface area contributed by atoms with Crippen molar-refractivity contribution in [2.45, 2.75) is 40.3 Å². The van der Waals surface area contributed by atoms with Gasteiger partial charge in [0.1, 0.15) is 12.6 Å². The summed E-state index contributed by atoms with van der Waals surface area (Å²) in [7, 11) is -3.82. The van der Waals surface area contributed by atoms with Crippen LogP contribution < -0.4 is 19.1 Å². The van der Waals surface area contributed by atoms with Crippen molar-refractivity contribution in [3.63, 3.8) is 0 Å². The average Bonchev–Trinajstić information content (AvgIpc) is 3.31. The van der Waals surface area contributed by atoms with Crippen molar-refractivity contribution >= 4 is 43.5 Å². The fourth-order valence-corrected chi connectivity index (χ4v) is 5.13. The minimum absolute atomic E-state index is 0.0433. The number of carbonyl (C=O) groups excluding carboxylic acids is 2. The third-order valence-electron chi connectivity index (χ3n) is 5.72. The standard InChI is InChI=1S/C25H32BrN3O6S/c1-5-36(32,33)29(21-9-10-22-23(12-21)35-16-34-22)15-24(30)28(14-19-7-6-8-20(26)11-19)18(4)25(31)27-13-17(2)3/h6-12,17-18H,5,13-16H2,1-4H3,(H,27,31). The van der Waals surface area contributed by atoms with E-state index >= 15 is 0 Å². The first-order valence-electron chi connectivity index (χ1n) is 11.7. The SMILES string of the molecule is CCS(=O)(=O)N(CC(=O)N(Cc1cccc(Br)c1)C(C)C(=O)NCC(C)C)c1ccc2c(c1)OCO2. The highest BCUT2D eigenvalue weighted by Crippen LogP contribution is 2.36. The number of hydrogen-bond donors (Lipinski definition) is 1. The first-order valence-corrected chi connectivity index (χ1v) is 14.1. The Kier molecular flexibility index (Phi) is 9.24. The summed E-state index contributed by atoms with van der Waals surface area (Å²) < 4.78 is 38.7. The summed E-state index contributed by atoms with van der Waals surface area (Å²) in [6.07, 6.45) is 0. The van der Waals surface area contributed by atoms with E-state index < -0.39 is 28.5 Å². The van der Waals surface area contributed by atoms with Crippen molar-refractivity contribution in [1.29, 1.82) is 0 Å². The molecule has 1 atom stereocenters. The zero-order chi connectivity index (χ0) is 26.5. The van der Waals surface area contributed by atoms with Crippen LogP contribution in [0.5, 0.6) is 11.5 Å². The van der Waals surface area contributed by atoms with Crippen LogP contribution >= 0.6 is 15.9 Å². The molecule has 0 bridgehead atoms. The first kappa shape index (κ1) is 27.8. The van der Waals surface area contributed by atoms with E-state index in [-0.39, 0.29) is 36.6 Å². The van der Waals surface area contributed by atoms with Crippen LogP contribution in [-0.4, -0.2) is 56.8 Å². The highest BCUT2D eigenvalue weighted by Gasteiger charge is 2.31. The number of nitrogens with zero attached hydrogens (tertiary/aromatic N) is 2. The van der Waals surface area contributed by atoms with E-state index in [1.165, 1.54) is 11.8 Å². The summed E-state index contributed by atoms with van der Waals surface area (Å²) in [5, 5.41) is 2.86. The molecule has 3 rings (SSSR count). The van der Waals surface area contributed by atoms with Gasteiger partial charge in [-0.1, -0.05) is 41.9 Å². The van der Waals surface area contributed by atoms with Crippen LogP contribution in [-0.2, 0) is 26.2 Å². The third kappa shape index (κ3) is 6.91. The Morgan fingerprint density at radius 1 is 1.08 bits per heavy atom. The lowest BCUT2D eigenvalue weighted by atomic mass is 10.1. The van der Waals surface area contributed by atoms with Crippen LogP contribution in [0.15, 0.2) is 46.9 Å². The monoisotopic (exact) mass is 581 g/mol. The smallest absolute Gasteiger partial charge is 0.244 e. The normalized spacial score (nSPS) is 13.4. The Morgan fingerprint density at radius 2 is 1.81 bits per heavy atom. The Morgan fingerprint density at radius 3 is 2.47 bits per heavy atom. The maximum Gasteiger partial charge on any atom is 0.244 e. The van der Waals surface area contributed by atoms with Gasteiger partial charge in [-0.2, -0.15) is 0 Å². The molecule has 0 radical (unpaired) electrons. The third-order valence-corrected chi connectivity index (χ3v) is 7.95. The quantitative estimate of drug-likeness (QED) is 0.435. The minimum atomic E-state index is -3.82. The predicted octanol–water partition coefficient (Wildman–Crippen LogP) is 3.52. The summed E-state index contributed by atoms with van der Waals surface area (Å²) in [5.41, 5.74) is 1.09. The van der Waals surface area contributed by atoms with Gasteiger partial charge >= 0.3 is 0 Å². The van der Waals surface area contributed by atoms with Gasteiger partial charge in [-0.3, -0.25) is 13.9 Å². The lowest BCUT2D eigenvalue weighted by Crippen LogP contribution is -2.51. The lowest BCUT2D eigenvalue weighted by molar-refractivity contribution is -0.139. The van der Waals surface area contributed by atoms with Gasteiger partial charge in [0.25, 0.3) is 0 Å². The summed E-state index contributed by atoms with van der Waals surface area (Å²) in [5.74, 6) is 0.142. The van der Waals surface area contributed by atoms with Crippen molar-refractivity contribution in [3.05, 3.63) is 52.5 Å². The number of anilines is 1. The largest absolute Gasteiger partial charge is 0.454 e. The molecule has 2 aromatic carbocycles. The van der Waals surface area contributed by atoms with Crippen LogP contribution in [0.2, 0.25) is 0 Å². The average molecular weight is 583 g/mol. The maximum atomic E-state index is 13.7. The van der Waals surface area contributed by atoms with E-state index in [0.29, 0.717) is 18.0 Å². The van der Waals surface area contributed by atoms with E-state index in [1.54, 1.807) is 25.1 Å². The number of ether oxygens (including phenoxy) is 2. The van der Waals surface area contributed by atoms with E-state index in [0.717, 1.165) is 14.3 Å². The predicted molar refractivity (Wildman–Crippen MR) is 141 cm³/mol. The van der Waals surface area contributed by atoms with E-state index in [9.17, 15) is 18.0 Å². The molecule has 0 aliphatic carbocycles. The molecule has 0 saturated carbocycles. The Hall–Kier alpha value is -2.79. The number of halogens is 1. The molecule has 0 saturated heterocycles. The van der Waals surface area contributed by atoms with Gasteiger partial charge in [0, 0.05) is 23.6 Å². The Bertz CT molecular complexity index is 1200. The van der Waals surface area contributed by atoms with Gasteiger partial charge in [0.15, 0.2) is 11.5 Å². The minimum Gasteiger partial charge on any atom is -0.454 e. The van der Waals surface area contributed by atoms with E-state index in [4.69, 9.17) is 9.47 Å². The van der Waals surface area contributed by atoms with Crippen molar-refractivity contribution in [1.82, 2.24) is 10.2 Å².